The maximum atomic E-state index is 11.1. The Labute approximate surface area is 121 Å². The predicted octanol–water partition coefficient (Wildman–Crippen LogP) is 3.03. The summed E-state index contributed by atoms with van der Waals surface area (Å²) in [5, 5.41) is 19.9. The van der Waals surface area contributed by atoms with Crippen molar-refractivity contribution in [3.63, 3.8) is 0 Å². The van der Waals surface area contributed by atoms with Gasteiger partial charge < -0.3 is 10.5 Å². The van der Waals surface area contributed by atoms with Crippen LogP contribution in [0.1, 0.15) is 16.7 Å². The lowest BCUT2D eigenvalue weighted by Gasteiger charge is -2.11. The third kappa shape index (κ3) is 3.16. The quantitative estimate of drug-likeness (QED) is 0.686. The van der Waals surface area contributed by atoms with E-state index in [4.69, 9.17) is 15.7 Å². The molecule has 0 aliphatic carbocycles. The summed E-state index contributed by atoms with van der Waals surface area (Å²) in [4.78, 5) is 10.5. The van der Waals surface area contributed by atoms with Crippen molar-refractivity contribution in [3.05, 3.63) is 63.2 Å². The molecule has 0 saturated carbocycles. The number of nitrogens with two attached hydrogens (primary N) is 1. The summed E-state index contributed by atoms with van der Waals surface area (Å²) in [5.74, 6) is 0.550. The zero-order valence-electron chi connectivity index (χ0n) is 11.4. The van der Waals surface area contributed by atoms with E-state index in [1.54, 1.807) is 6.07 Å². The number of hydrogen-bond acceptors (Lipinski definition) is 5. The molecule has 2 aromatic rings. The molecule has 6 nitrogen and oxygen atoms in total. The second-order valence-corrected chi connectivity index (χ2v) is 4.47. The second kappa shape index (κ2) is 6.03. The van der Waals surface area contributed by atoms with Crippen molar-refractivity contribution in [1.29, 1.82) is 5.26 Å². The molecule has 2 rings (SSSR count). The Balaban J connectivity index is 2.45. The van der Waals surface area contributed by atoms with Crippen molar-refractivity contribution < 1.29 is 9.66 Å². The SMILES string of the molecule is Cc1ccc(Oc2ccc(C#N)cc2[N+](=O)[O-])c(CN)c1. The largest absolute Gasteiger partial charge is 0.450 e. The Hall–Kier alpha value is -2.91. The molecule has 2 aromatic carbocycles. The van der Waals surface area contributed by atoms with E-state index in [9.17, 15) is 10.1 Å². The maximum Gasteiger partial charge on any atom is 0.312 e. The van der Waals surface area contributed by atoms with Gasteiger partial charge >= 0.3 is 5.69 Å². The molecule has 6 heteroatoms. The fraction of sp³-hybridized carbons (Fsp3) is 0.133. The van der Waals surface area contributed by atoms with Gasteiger partial charge in [-0.3, -0.25) is 10.1 Å². The topological polar surface area (TPSA) is 102 Å². The summed E-state index contributed by atoms with van der Waals surface area (Å²) >= 11 is 0. The van der Waals surface area contributed by atoms with Crippen LogP contribution in [0.25, 0.3) is 0 Å². The molecule has 21 heavy (non-hydrogen) atoms. The lowest BCUT2D eigenvalue weighted by atomic mass is 10.1. The van der Waals surface area contributed by atoms with Crippen LogP contribution in [0.2, 0.25) is 0 Å². The fourth-order valence-electron chi connectivity index (χ4n) is 1.90. The molecule has 0 bridgehead atoms. The molecule has 0 aromatic heterocycles. The molecule has 0 aliphatic rings. The molecule has 0 atom stereocenters. The zero-order valence-corrected chi connectivity index (χ0v) is 11.4. The number of rotatable bonds is 4. The minimum Gasteiger partial charge on any atom is -0.450 e. The van der Waals surface area contributed by atoms with Crippen molar-refractivity contribution in [2.24, 2.45) is 5.73 Å². The molecule has 0 amide bonds. The molecule has 0 radical (unpaired) electrons. The van der Waals surface area contributed by atoms with Crippen LogP contribution in [0, 0.1) is 28.4 Å². The molecular weight excluding hydrogens is 270 g/mol. The van der Waals surface area contributed by atoms with Gasteiger partial charge in [0.2, 0.25) is 5.75 Å². The van der Waals surface area contributed by atoms with Gasteiger partial charge in [-0.15, -0.1) is 0 Å². The summed E-state index contributed by atoms with van der Waals surface area (Å²) < 4.78 is 5.62. The van der Waals surface area contributed by atoms with Gasteiger partial charge in [0.15, 0.2) is 0 Å². The van der Waals surface area contributed by atoms with E-state index in [-0.39, 0.29) is 23.5 Å². The van der Waals surface area contributed by atoms with Crippen LogP contribution in [-0.4, -0.2) is 4.92 Å². The van der Waals surface area contributed by atoms with E-state index >= 15 is 0 Å². The molecule has 0 aliphatic heterocycles. The van der Waals surface area contributed by atoms with Crippen LogP contribution in [-0.2, 0) is 6.54 Å². The number of hydrogen-bond donors (Lipinski definition) is 1. The van der Waals surface area contributed by atoms with Gasteiger partial charge in [0.1, 0.15) is 5.75 Å². The first-order valence-electron chi connectivity index (χ1n) is 6.21. The number of nitriles is 1. The van der Waals surface area contributed by atoms with Gasteiger partial charge in [-0.05, 0) is 25.1 Å². The van der Waals surface area contributed by atoms with Gasteiger partial charge in [-0.1, -0.05) is 17.7 Å². The fourth-order valence-corrected chi connectivity index (χ4v) is 1.90. The number of benzene rings is 2. The van der Waals surface area contributed by atoms with Gasteiger partial charge in [-0.2, -0.15) is 5.26 Å². The van der Waals surface area contributed by atoms with E-state index in [1.165, 1.54) is 18.2 Å². The Bertz CT molecular complexity index is 735. The molecule has 0 unspecified atom stereocenters. The van der Waals surface area contributed by atoms with Crippen LogP contribution in [0.5, 0.6) is 11.5 Å². The molecular formula is C15H13N3O3. The zero-order chi connectivity index (χ0) is 15.4. The summed E-state index contributed by atoms with van der Waals surface area (Å²) in [6.07, 6.45) is 0. The van der Waals surface area contributed by atoms with E-state index in [0.717, 1.165) is 11.1 Å². The highest BCUT2D eigenvalue weighted by atomic mass is 16.6. The van der Waals surface area contributed by atoms with Crippen molar-refractivity contribution in [1.82, 2.24) is 0 Å². The van der Waals surface area contributed by atoms with E-state index in [2.05, 4.69) is 0 Å². The Morgan fingerprint density at radius 3 is 2.62 bits per heavy atom. The average Bonchev–Trinajstić information content (AvgIpc) is 2.49. The normalized spacial score (nSPS) is 9.95. The summed E-state index contributed by atoms with van der Waals surface area (Å²) in [6, 6.07) is 11.4. The minimum atomic E-state index is -0.577. The summed E-state index contributed by atoms with van der Waals surface area (Å²) in [7, 11) is 0. The van der Waals surface area contributed by atoms with Gasteiger partial charge in [0.25, 0.3) is 0 Å². The van der Waals surface area contributed by atoms with E-state index in [0.29, 0.717) is 5.75 Å². The number of nitro benzene ring substituents is 1. The molecule has 106 valence electrons. The van der Waals surface area contributed by atoms with Crippen LogP contribution >= 0.6 is 0 Å². The van der Waals surface area contributed by atoms with Crippen LogP contribution in [0.4, 0.5) is 5.69 Å². The van der Waals surface area contributed by atoms with Crippen LogP contribution < -0.4 is 10.5 Å². The lowest BCUT2D eigenvalue weighted by molar-refractivity contribution is -0.385. The standard InChI is InChI=1S/C15H13N3O3/c1-10-2-4-14(12(6-10)9-17)21-15-5-3-11(8-16)7-13(15)18(19)20/h2-7H,9,17H2,1H3. The number of aryl methyl sites for hydroxylation is 1. The average molecular weight is 283 g/mol. The lowest BCUT2D eigenvalue weighted by Crippen LogP contribution is -2.01. The third-order valence-electron chi connectivity index (χ3n) is 2.94. The Morgan fingerprint density at radius 2 is 2.00 bits per heavy atom. The van der Waals surface area contributed by atoms with Crippen LogP contribution in [0.15, 0.2) is 36.4 Å². The monoisotopic (exact) mass is 283 g/mol. The second-order valence-electron chi connectivity index (χ2n) is 4.47. The highest BCUT2D eigenvalue weighted by Crippen LogP contribution is 2.33. The van der Waals surface area contributed by atoms with E-state index in [1.807, 2.05) is 25.1 Å². The first-order valence-corrected chi connectivity index (χ1v) is 6.21. The first-order chi connectivity index (χ1) is 10.0. The third-order valence-corrected chi connectivity index (χ3v) is 2.94. The smallest absolute Gasteiger partial charge is 0.312 e. The van der Waals surface area contributed by atoms with Gasteiger partial charge in [0, 0.05) is 18.2 Å². The maximum absolute atomic E-state index is 11.1. The molecule has 0 fully saturated rings. The van der Waals surface area contributed by atoms with Crippen molar-refractivity contribution in [3.8, 4) is 17.6 Å². The Morgan fingerprint density at radius 1 is 1.29 bits per heavy atom. The van der Waals surface area contributed by atoms with Crippen molar-refractivity contribution in [2.75, 3.05) is 0 Å². The molecule has 0 saturated heterocycles. The Kier molecular flexibility index (Phi) is 4.16. The number of nitro groups is 1. The van der Waals surface area contributed by atoms with Crippen molar-refractivity contribution in [2.45, 2.75) is 13.5 Å². The minimum absolute atomic E-state index is 0.0811. The van der Waals surface area contributed by atoms with Gasteiger partial charge in [-0.25, -0.2) is 0 Å². The van der Waals surface area contributed by atoms with Crippen LogP contribution in [0.3, 0.4) is 0 Å². The predicted molar refractivity (Wildman–Crippen MR) is 77.0 cm³/mol. The summed E-state index contributed by atoms with van der Waals surface area (Å²) in [5.41, 5.74) is 7.40. The highest BCUT2D eigenvalue weighted by Gasteiger charge is 2.17. The summed E-state index contributed by atoms with van der Waals surface area (Å²) in [6.45, 7) is 2.19. The highest BCUT2D eigenvalue weighted by molar-refractivity contribution is 5.54. The first kappa shape index (κ1) is 14.5. The van der Waals surface area contributed by atoms with Gasteiger partial charge in [0.05, 0.1) is 16.6 Å². The molecule has 2 N–H and O–H groups in total. The van der Waals surface area contributed by atoms with Crippen molar-refractivity contribution >= 4 is 5.69 Å². The molecule has 0 heterocycles. The number of ether oxygens (including phenoxy) is 1. The molecule has 0 spiro atoms. The van der Waals surface area contributed by atoms with E-state index < -0.39 is 4.92 Å². The number of nitrogens with zero attached hydrogens (tertiary/aromatic N) is 2.